The lowest BCUT2D eigenvalue weighted by Gasteiger charge is -2.51. The van der Waals surface area contributed by atoms with Gasteiger partial charge in [-0.3, -0.25) is 19.6 Å². The van der Waals surface area contributed by atoms with Crippen LogP contribution in [0.4, 0.5) is 18.9 Å². The summed E-state index contributed by atoms with van der Waals surface area (Å²) in [6.45, 7) is 7.54. The van der Waals surface area contributed by atoms with Crippen molar-refractivity contribution in [2.75, 3.05) is 50.8 Å². The van der Waals surface area contributed by atoms with Crippen molar-refractivity contribution in [3.8, 4) is 0 Å². The van der Waals surface area contributed by atoms with Gasteiger partial charge in [-0.1, -0.05) is 37.3 Å². The summed E-state index contributed by atoms with van der Waals surface area (Å²) in [5.74, 6) is -0.209. The number of amides is 1. The number of piperazine rings is 1. The number of halogens is 3. The van der Waals surface area contributed by atoms with Crippen LogP contribution in [0.15, 0.2) is 48.8 Å². The minimum atomic E-state index is -4.52. The molecule has 1 aromatic carbocycles. The molecular weight excluding hydrogens is 457 g/mol. The van der Waals surface area contributed by atoms with Gasteiger partial charge in [0.15, 0.2) is 0 Å². The Bertz CT molecular complexity index is 972. The van der Waals surface area contributed by atoms with Gasteiger partial charge >= 0.3 is 6.18 Å². The predicted molar refractivity (Wildman–Crippen MR) is 128 cm³/mol. The summed E-state index contributed by atoms with van der Waals surface area (Å²) in [6.07, 6.45) is -0.706. The van der Waals surface area contributed by atoms with Crippen molar-refractivity contribution in [1.29, 1.82) is 0 Å². The number of carbonyl (C=O) groups excluding carboxylic acids is 1. The number of rotatable bonds is 7. The van der Waals surface area contributed by atoms with Crippen LogP contribution < -0.4 is 4.90 Å². The number of anilines is 1. The number of nitrogens with zero attached hydrogens (tertiary/aromatic N) is 4. The highest BCUT2D eigenvalue weighted by Crippen LogP contribution is 2.35. The topological polar surface area (TPSA) is 48.9 Å². The van der Waals surface area contributed by atoms with Gasteiger partial charge in [-0.05, 0) is 24.5 Å². The van der Waals surface area contributed by atoms with E-state index in [1.807, 2.05) is 18.2 Å². The lowest BCUT2D eigenvalue weighted by molar-refractivity contribution is -0.137. The minimum absolute atomic E-state index is 0.195. The third-order valence-corrected chi connectivity index (χ3v) is 7.13. The molecule has 9 heteroatoms. The summed E-state index contributed by atoms with van der Waals surface area (Å²) in [5, 5.41) is 0. The number of carbonyl (C=O) groups is 1. The molecule has 0 radical (unpaired) electrons. The molecule has 190 valence electrons. The summed E-state index contributed by atoms with van der Waals surface area (Å²) in [4.78, 5) is 23.1. The number of hydrogen-bond acceptors (Lipinski definition) is 5. The van der Waals surface area contributed by atoms with Crippen LogP contribution in [0, 0.1) is 0 Å². The Kier molecular flexibility index (Phi) is 8.09. The Balaban J connectivity index is 1.53. The van der Waals surface area contributed by atoms with E-state index in [4.69, 9.17) is 4.74 Å². The van der Waals surface area contributed by atoms with Crippen molar-refractivity contribution < 1.29 is 22.7 Å². The van der Waals surface area contributed by atoms with Crippen molar-refractivity contribution in [3.05, 3.63) is 59.9 Å². The fraction of sp³-hybridized carbons (Fsp3) is 0.538. The maximum absolute atomic E-state index is 13.4. The average molecular weight is 491 g/mol. The lowest BCUT2D eigenvalue weighted by atomic mass is 9.86. The van der Waals surface area contributed by atoms with E-state index in [1.54, 1.807) is 6.92 Å². The highest BCUT2D eigenvalue weighted by Gasteiger charge is 2.42. The van der Waals surface area contributed by atoms with Crippen molar-refractivity contribution in [2.24, 2.45) is 0 Å². The zero-order valence-electron chi connectivity index (χ0n) is 20.1. The van der Waals surface area contributed by atoms with Crippen molar-refractivity contribution >= 4 is 11.6 Å². The molecule has 0 bridgehead atoms. The Labute approximate surface area is 204 Å². The van der Waals surface area contributed by atoms with Gasteiger partial charge in [0.05, 0.1) is 17.4 Å². The van der Waals surface area contributed by atoms with Crippen LogP contribution in [-0.2, 0) is 22.3 Å². The van der Waals surface area contributed by atoms with E-state index in [0.717, 1.165) is 57.8 Å². The second kappa shape index (κ2) is 11.1. The second-order valence-electron chi connectivity index (χ2n) is 9.35. The first-order valence-electron chi connectivity index (χ1n) is 12.2. The number of pyridine rings is 1. The summed E-state index contributed by atoms with van der Waals surface area (Å²) < 4.78 is 45.7. The maximum atomic E-state index is 13.4. The van der Waals surface area contributed by atoms with Gasteiger partial charge in [0.25, 0.3) is 0 Å². The Morgan fingerprint density at radius 2 is 1.77 bits per heavy atom. The van der Waals surface area contributed by atoms with E-state index < -0.39 is 11.7 Å². The Morgan fingerprint density at radius 1 is 1.09 bits per heavy atom. The van der Waals surface area contributed by atoms with Gasteiger partial charge in [0, 0.05) is 70.6 Å². The fourth-order valence-corrected chi connectivity index (χ4v) is 5.09. The van der Waals surface area contributed by atoms with Crippen LogP contribution in [0.25, 0.3) is 0 Å². The van der Waals surface area contributed by atoms with E-state index in [-0.39, 0.29) is 23.6 Å². The number of hydrogen-bond donors (Lipinski definition) is 0. The first-order valence-corrected chi connectivity index (χ1v) is 12.2. The van der Waals surface area contributed by atoms with E-state index in [1.165, 1.54) is 16.7 Å². The monoisotopic (exact) mass is 490 g/mol. The van der Waals surface area contributed by atoms with Crippen LogP contribution in [0.2, 0.25) is 0 Å². The largest absolute Gasteiger partial charge is 0.417 e. The summed E-state index contributed by atoms with van der Waals surface area (Å²) in [6, 6.07) is 11.4. The van der Waals surface area contributed by atoms with E-state index in [9.17, 15) is 18.0 Å². The quantitative estimate of drug-likeness (QED) is 0.582. The van der Waals surface area contributed by atoms with Gasteiger partial charge < -0.3 is 9.64 Å². The smallest absolute Gasteiger partial charge is 0.381 e. The molecule has 1 amide bonds. The summed E-state index contributed by atoms with van der Waals surface area (Å²) in [5.41, 5.74) is 0.272. The molecular formula is C26H33F3N4O2. The highest BCUT2D eigenvalue weighted by atomic mass is 19.4. The number of ether oxygens (including phenoxy) is 1. The molecule has 3 heterocycles. The fourth-order valence-electron chi connectivity index (χ4n) is 5.09. The van der Waals surface area contributed by atoms with Crippen LogP contribution >= 0.6 is 0 Å². The molecule has 4 rings (SSSR count). The third-order valence-electron chi connectivity index (χ3n) is 7.13. The molecule has 0 N–H and O–H groups in total. The van der Waals surface area contributed by atoms with Crippen molar-refractivity contribution in [3.63, 3.8) is 0 Å². The van der Waals surface area contributed by atoms with E-state index in [0.29, 0.717) is 19.8 Å². The Morgan fingerprint density at radius 3 is 2.40 bits per heavy atom. The summed E-state index contributed by atoms with van der Waals surface area (Å²) >= 11 is 0. The molecule has 35 heavy (non-hydrogen) atoms. The molecule has 0 atom stereocenters. The van der Waals surface area contributed by atoms with E-state index >= 15 is 0 Å². The van der Waals surface area contributed by atoms with Gasteiger partial charge in [-0.15, -0.1) is 0 Å². The van der Waals surface area contributed by atoms with Crippen LogP contribution in [0.1, 0.15) is 37.3 Å². The van der Waals surface area contributed by atoms with Crippen molar-refractivity contribution in [2.45, 2.75) is 44.4 Å². The van der Waals surface area contributed by atoms with Crippen LogP contribution in [-0.4, -0.2) is 72.2 Å². The normalized spacial score (nSPS) is 19.4. The first kappa shape index (κ1) is 25.6. The average Bonchev–Trinajstić information content (AvgIpc) is 2.88. The SMILES string of the molecule is CCC(=O)N(CC1(N2CCN(Cc3ccccc3)CC2)CCOCC1)c1cncc(C(F)(F)F)c1. The number of benzene rings is 1. The van der Waals surface area contributed by atoms with Gasteiger partial charge in [-0.25, -0.2) is 0 Å². The predicted octanol–water partition coefficient (Wildman–Crippen LogP) is 4.21. The molecule has 2 fully saturated rings. The van der Waals surface area contributed by atoms with Gasteiger partial charge in [-0.2, -0.15) is 13.2 Å². The standard InChI is InChI=1S/C26H33F3N4O2/c1-2-24(34)33(23-16-22(17-30-18-23)26(27,28)29)20-25(8-14-35-15-9-25)32-12-10-31(11-13-32)19-21-6-4-3-5-7-21/h3-7,16-18H,2,8-15,19-20H2,1H3. The maximum Gasteiger partial charge on any atom is 0.417 e. The van der Waals surface area contributed by atoms with Crippen LogP contribution in [0.5, 0.6) is 0 Å². The van der Waals surface area contributed by atoms with Crippen LogP contribution in [0.3, 0.4) is 0 Å². The highest BCUT2D eigenvalue weighted by molar-refractivity contribution is 5.93. The summed E-state index contributed by atoms with van der Waals surface area (Å²) in [7, 11) is 0. The Hall–Kier alpha value is -2.49. The molecule has 2 aromatic rings. The molecule has 6 nitrogen and oxygen atoms in total. The number of alkyl halides is 3. The van der Waals surface area contributed by atoms with Gasteiger partial charge in [0.1, 0.15) is 0 Å². The molecule has 0 spiro atoms. The van der Waals surface area contributed by atoms with Crippen molar-refractivity contribution in [1.82, 2.24) is 14.8 Å². The zero-order valence-corrected chi connectivity index (χ0v) is 20.1. The van der Waals surface area contributed by atoms with E-state index in [2.05, 4.69) is 26.9 Å². The third kappa shape index (κ3) is 6.20. The molecule has 2 aliphatic heterocycles. The zero-order chi connectivity index (χ0) is 24.9. The van der Waals surface area contributed by atoms with Gasteiger partial charge in [0.2, 0.25) is 5.91 Å². The molecule has 2 saturated heterocycles. The molecule has 0 aliphatic carbocycles. The molecule has 0 saturated carbocycles. The molecule has 1 aromatic heterocycles. The molecule has 0 unspecified atom stereocenters. The second-order valence-corrected chi connectivity index (χ2v) is 9.35. The lowest BCUT2D eigenvalue weighted by Crippen LogP contribution is -2.63. The number of aromatic nitrogens is 1. The molecule has 2 aliphatic rings. The minimum Gasteiger partial charge on any atom is -0.381 e. The first-order chi connectivity index (χ1) is 16.8.